The molecule has 1 rings (SSSR count). The van der Waals surface area contributed by atoms with Crippen molar-refractivity contribution in [2.45, 2.75) is 33.6 Å². The van der Waals surface area contributed by atoms with Crippen LogP contribution < -0.4 is 0 Å². The second kappa shape index (κ2) is 4.91. The Labute approximate surface area is 90.5 Å². The van der Waals surface area contributed by atoms with Gasteiger partial charge >= 0.3 is 5.97 Å². The highest BCUT2D eigenvalue weighted by molar-refractivity contribution is 5.90. The molecule has 0 unspecified atom stereocenters. The van der Waals surface area contributed by atoms with E-state index in [0.29, 0.717) is 12.2 Å². The number of nitrogens with zero attached hydrogens (tertiary/aromatic N) is 1. The monoisotopic (exact) mass is 207 g/mol. The molecule has 0 N–H and O–H groups in total. The van der Waals surface area contributed by atoms with Crippen LogP contribution in [0.25, 0.3) is 0 Å². The Balaban J connectivity index is 3.11. The van der Waals surface area contributed by atoms with Gasteiger partial charge in [0.1, 0.15) is 0 Å². The fraction of sp³-hybridized carbons (Fsp3) is 0.500. The summed E-state index contributed by atoms with van der Waals surface area (Å²) in [5.41, 5.74) is 2.32. The molecule has 0 aromatic carbocycles. The Hall–Kier alpha value is -1.38. The molecule has 3 nitrogen and oxygen atoms in total. The molecule has 3 heteroatoms. The highest BCUT2D eigenvalue weighted by Gasteiger charge is 2.15. The molecule has 0 fully saturated rings. The van der Waals surface area contributed by atoms with E-state index in [1.165, 1.54) is 0 Å². The number of esters is 1. The molecule has 0 amide bonds. The number of pyridine rings is 1. The number of hydrogen-bond donors (Lipinski definition) is 0. The van der Waals surface area contributed by atoms with E-state index >= 15 is 0 Å². The zero-order chi connectivity index (χ0) is 11.4. The highest BCUT2D eigenvalue weighted by atomic mass is 16.5. The molecular formula is C12H17NO2. The van der Waals surface area contributed by atoms with E-state index < -0.39 is 0 Å². The third kappa shape index (κ3) is 2.78. The minimum atomic E-state index is -0.284. The molecule has 0 saturated carbocycles. The van der Waals surface area contributed by atoms with Gasteiger partial charge in [-0.1, -0.05) is 13.8 Å². The Kier molecular flexibility index (Phi) is 3.83. The number of carbonyl (C=O) groups excluding carboxylic acids is 1. The SMILES string of the molecule is CCOC(=O)c1ccc(C)nc1C(C)C. The first-order valence-corrected chi connectivity index (χ1v) is 5.21. The molecule has 0 saturated heterocycles. The molecule has 15 heavy (non-hydrogen) atoms. The van der Waals surface area contributed by atoms with E-state index in [-0.39, 0.29) is 11.9 Å². The Morgan fingerprint density at radius 2 is 2.13 bits per heavy atom. The molecule has 1 aromatic rings. The molecule has 0 atom stereocenters. The quantitative estimate of drug-likeness (QED) is 0.715. The van der Waals surface area contributed by atoms with Crippen LogP contribution in [0.1, 0.15) is 48.4 Å². The van der Waals surface area contributed by atoms with E-state index in [1.807, 2.05) is 26.8 Å². The lowest BCUT2D eigenvalue weighted by Gasteiger charge is -2.11. The average molecular weight is 207 g/mol. The lowest BCUT2D eigenvalue weighted by molar-refractivity contribution is 0.0524. The van der Waals surface area contributed by atoms with Gasteiger partial charge in [0.05, 0.1) is 17.9 Å². The van der Waals surface area contributed by atoms with Gasteiger partial charge < -0.3 is 4.74 Å². The van der Waals surface area contributed by atoms with E-state index in [4.69, 9.17) is 4.74 Å². The van der Waals surface area contributed by atoms with Gasteiger partial charge in [-0.2, -0.15) is 0 Å². The number of ether oxygens (including phenoxy) is 1. The van der Waals surface area contributed by atoms with Crippen LogP contribution in [-0.4, -0.2) is 17.6 Å². The summed E-state index contributed by atoms with van der Waals surface area (Å²) in [5, 5.41) is 0. The summed E-state index contributed by atoms with van der Waals surface area (Å²) in [6.45, 7) is 8.15. The lowest BCUT2D eigenvalue weighted by atomic mass is 10.0. The molecule has 0 aliphatic heterocycles. The molecule has 82 valence electrons. The van der Waals surface area contributed by atoms with Crippen LogP contribution in [0.15, 0.2) is 12.1 Å². The van der Waals surface area contributed by atoms with Gasteiger partial charge in [-0.3, -0.25) is 4.98 Å². The van der Waals surface area contributed by atoms with Gasteiger partial charge in [0.25, 0.3) is 0 Å². The van der Waals surface area contributed by atoms with Crippen LogP contribution in [0.3, 0.4) is 0 Å². The third-order valence-corrected chi connectivity index (χ3v) is 2.11. The van der Waals surface area contributed by atoms with Crippen molar-refractivity contribution in [1.29, 1.82) is 0 Å². The zero-order valence-electron chi connectivity index (χ0n) is 9.70. The van der Waals surface area contributed by atoms with Gasteiger partial charge in [-0.05, 0) is 31.9 Å². The molecule has 1 heterocycles. The van der Waals surface area contributed by atoms with E-state index in [0.717, 1.165) is 11.4 Å². The molecule has 1 aromatic heterocycles. The summed E-state index contributed by atoms with van der Waals surface area (Å²) in [5.74, 6) is -0.0574. The largest absolute Gasteiger partial charge is 0.462 e. The minimum absolute atomic E-state index is 0.226. The van der Waals surface area contributed by atoms with E-state index in [2.05, 4.69) is 4.98 Å². The summed E-state index contributed by atoms with van der Waals surface area (Å²) < 4.78 is 4.98. The van der Waals surface area contributed by atoms with Gasteiger partial charge in [0.2, 0.25) is 0 Å². The lowest BCUT2D eigenvalue weighted by Crippen LogP contribution is -2.11. The number of carbonyl (C=O) groups is 1. The standard InChI is InChI=1S/C12H17NO2/c1-5-15-12(14)10-7-6-9(4)13-11(10)8(2)3/h6-8H,5H2,1-4H3. The summed E-state index contributed by atoms with van der Waals surface area (Å²) in [6.07, 6.45) is 0. The minimum Gasteiger partial charge on any atom is -0.462 e. The Bertz CT molecular complexity index is 359. The fourth-order valence-corrected chi connectivity index (χ4v) is 1.40. The first-order chi connectivity index (χ1) is 7.06. The molecule has 0 aliphatic rings. The molecule has 0 spiro atoms. The number of hydrogen-bond acceptors (Lipinski definition) is 3. The smallest absolute Gasteiger partial charge is 0.339 e. The maximum atomic E-state index is 11.6. The van der Waals surface area contributed by atoms with Crippen LogP contribution in [0, 0.1) is 6.92 Å². The van der Waals surface area contributed by atoms with Gasteiger partial charge in [-0.15, -0.1) is 0 Å². The van der Waals surface area contributed by atoms with Crippen LogP contribution >= 0.6 is 0 Å². The van der Waals surface area contributed by atoms with Crippen molar-refractivity contribution in [2.75, 3.05) is 6.61 Å². The number of rotatable bonds is 3. The first kappa shape index (κ1) is 11.7. The Morgan fingerprint density at radius 1 is 1.47 bits per heavy atom. The normalized spacial score (nSPS) is 10.5. The predicted octanol–water partition coefficient (Wildman–Crippen LogP) is 2.69. The van der Waals surface area contributed by atoms with Crippen LogP contribution in [0.4, 0.5) is 0 Å². The van der Waals surface area contributed by atoms with Gasteiger partial charge in [-0.25, -0.2) is 4.79 Å². The molecule has 0 radical (unpaired) electrons. The second-order valence-electron chi connectivity index (χ2n) is 3.76. The van der Waals surface area contributed by atoms with Crippen molar-refractivity contribution < 1.29 is 9.53 Å². The third-order valence-electron chi connectivity index (χ3n) is 2.11. The van der Waals surface area contributed by atoms with Crippen molar-refractivity contribution >= 4 is 5.97 Å². The predicted molar refractivity (Wildman–Crippen MR) is 59.0 cm³/mol. The molecule has 0 bridgehead atoms. The number of aryl methyl sites for hydroxylation is 1. The van der Waals surface area contributed by atoms with Gasteiger partial charge in [0.15, 0.2) is 0 Å². The zero-order valence-corrected chi connectivity index (χ0v) is 9.70. The van der Waals surface area contributed by atoms with Crippen molar-refractivity contribution in [2.24, 2.45) is 0 Å². The van der Waals surface area contributed by atoms with Crippen LogP contribution in [0.2, 0.25) is 0 Å². The summed E-state index contributed by atoms with van der Waals surface area (Å²) in [6, 6.07) is 3.62. The summed E-state index contributed by atoms with van der Waals surface area (Å²) in [7, 11) is 0. The highest BCUT2D eigenvalue weighted by Crippen LogP contribution is 2.18. The van der Waals surface area contributed by atoms with Crippen molar-refractivity contribution in [3.63, 3.8) is 0 Å². The number of aromatic nitrogens is 1. The Morgan fingerprint density at radius 3 is 2.67 bits per heavy atom. The summed E-state index contributed by atoms with van der Waals surface area (Å²) >= 11 is 0. The van der Waals surface area contributed by atoms with Crippen molar-refractivity contribution in [3.05, 3.63) is 29.1 Å². The van der Waals surface area contributed by atoms with E-state index in [9.17, 15) is 4.79 Å². The molecular weight excluding hydrogens is 190 g/mol. The maximum absolute atomic E-state index is 11.6. The van der Waals surface area contributed by atoms with E-state index in [1.54, 1.807) is 13.0 Å². The fourth-order valence-electron chi connectivity index (χ4n) is 1.40. The first-order valence-electron chi connectivity index (χ1n) is 5.21. The van der Waals surface area contributed by atoms with Crippen LogP contribution in [0.5, 0.6) is 0 Å². The van der Waals surface area contributed by atoms with Crippen molar-refractivity contribution in [1.82, 2.24) is 4.98 Å². The van der Waals surface area contributed by atoms with Gasteiger partial charge in [0, 0.05) is 5.69 Å². The average Bonchev–Trinajstić information content (AvgIpc) is 2.17. The maximum Gasteiger partial charge on any atom is 0.339 e. The van der Waals surface area contributed by atoms with Crippen LogP contribution in [-0.2, 0) is 4.74 Å². The van der Waals surface area contributed by atoms with Crippen molar-refractivity contribution in [3.8, 4) is 0 Å². The second-order valence-corrected chi connectivity index (χ2v) is 3.76. The summed E-state index contributed by atoms with van der Waals surface area (Å²) in [4.78, 5) is 16.0. The topological polar surface area (TPSA) is 39.2 Å². The molecule has 0 aliphatic carbocycles.